The van der Waals surface area contributed by atoms with Crippen LogP contribution in [0, 0.1) is 19.7 Å². The van der Waals surface area contributed by atoms with Crippen molar-refractivity contribution in [1.82, 2.24) is 14.7 Å². The van der Waals surface area contributed by atoms with Gasteiger partial charge in [0.15, 0.2) is 4.96 Å². The van der Waals surface area contributed by atoms with E-state index in [1.54, 1.807) is 35.6 Å². The SMILES string of the molecule is Cc1cn2c(C(=O)NCc3ccc(N4CCN(c5ccc(OC(F)(F)F)cc5)CC4)c(F)c3)c(C)nc2s1. The highest BCUT2D eigenvalue weighted by atomic mass is 32.1. The van der Waals surface area contributed by atoms with Crippen molar-refractivity contribution in [3.63, 3.8) is 0 Å². The molecule has 1 N–H and O–H groups in total. The summed E-state index contributed by atoms with van der Waals surface area (Å²) in [6, 6.07) is 10.6. The minimum Gasteiger partial charge on any atom is -0.406 e. The molecule has 38 heavy (non-hydrogen) atoms. The van der Waals surface area contributed by atoms with Gasteiger partial charge in [-0.3, -0.25) is 9.20 Å². The molecule has 0 atom stereocenters. The zero-order valence-corrected chi connectivity index (χ0v) is 21.5. The highest BCUT2D eigenvalue weighted by molar-refractivity contribution is 7.17. The van der Waals surface area contributed by atoms with Gasteiger partial charge in [0.05, 0.1) is 11.4 Å². The Labute approximate surface area is 220 Å². The molecule has 0 radical (unpaired) electrons. The van der Waals surface area contributed by atoms with Crippen LogP contribution in [0.1, 0.15) is 26.6 Å². The summed E-state index contributed by atoms with van der Waals surface area (Å²) in [5.74, 6) is -0.921. The van der Waals surface area contributed by atoms with Gasteiger partial charge in [-0.1, -0.05) is 6.07 Å². The number of carbonyl (C=O) groups excluding carboxylic acids is 1. The first-order valence-electron chi connectivity index (χ1n) is 11.9. The minimum absolute atomic E-state index is 0.174. The molecule has 0 unspecified atom stereocenters. The fourth-order valence-corrected chi connectivity index (χ4v) is 5.46. The third-order valence-corrected chi connectivity index (χ3v) is 7.25. The molecule has 0 bridgehead atoms. The number of benzene rings is 2. The van der Waals surface area contributed by atoms with Crippen molar-refractivity contribution in [2.24, 2.45) is 0 Å². The third-order valence-electron chi connectivity index (χ3n) is 6.35. The number of fused-ring (bicyclic) bond motifs is 1. The number of hydrogen-bond acceptors (Lipinski definition) is 6. The predicted molar refractivity (Wildman–Crippen MR) is 138 cm³/mol. The van der Waals surface area contributed by atoms with Crippen LogP contribution < -0.4 is 19.9 Å². The van der Waals surface area contributed by atoms with E-state index in [1.807, 2.05) is 22.9 Å². The summed E-state index contributed by atoms with van der Waals surface area (Å²) >= 11 is 1.51. The second kappa shape index (κ2) is 10.2. The summed E-state index contributed by atoms with van der Waals surface area (Å²) in [6.07, 6.45) is -2.85. The van der Waals surface area contributed by atoms with E-state index >= 15 is 4.39 Å². The summed E-state index contributed by atoms with van der Waals surface area (Å²) in [4.78, 5) is 23.0. The van der Waals surface area contributed by atoms with Crippen LogP contribution in [-0.4, -0.2) is 47.8 Å². The second-order valence-corrected chi connectivity index (χ2v) is 10.2. The van der Waals surface area contributed by atoms with Gasteiger partial charge in [0.1, 0.15) is 17.3 Å². The lowest BCUT2D eigenvalue weighted by Crippen LogP contribution is -2.46. The number of nitrogens with one attached hydrogen (secondary N) is 1. The molecule has 7 nitrogen and oxygen atoms in total. The van der Waals surface area contributed by atoms with Crippen LogP contribution in [0.4, 0.5) is 28.9 Å². The molecule has 2 aromatic carbocycles. The van der Waals surface area contributed by atoms with Crippen LogP contribution in [0.15, 0.2) is 48.7 Å². The van der Waals surface area contributed by atoms with Crippen LogP contribution in [0.3, 0.4) is 0 Å². The molecule has 1 aliphatic heterocycles. The van der Waals surface area contributed by atoms with E-state index in [0.29, 0.717) is 48.8 Å². The largest absolute Gasteiger partial charge is 0.573 e. The summed E-state index contributed by atoms with van der Waals surface area (Å²) in [5.41, 5.74) is 2.99. The smallest absolute Gasteiger partial charge is 0.406 e. The number of halogens is 4. The Hall–Kier alpha value is -3.80. The van der Waals surface area contributed by atoms with E-state index in [-0.39, 0.29) is 24.0 Å². The Morgan fingerprint density at radius 1 is 1.05 bits per heavy atom. The van der Waals surface area contributed by atoms with Crippen molar-refractivity contribution in [2.45, 2.75) is 26.8 Å². The van der Waals surface area contributed by atoms with E-state index in [9.17, 15) is 18.0 Å². The number of imidazole rings is 1. The molecular formula is C26H25F4N5O2S. The fraction of sp³-hybridized carbons (Fsp3) is 0.308. The molecule has 0 spiro atoms. The van der Waals surface area contributed by atoms with E-state index in [4.69, 9.17) is 0 Å². The van der Waals surface area contributed by atoms with Gasteiger partial charge in [0.2, 0.25) is 0 Å². The summed E-state index contributed by atoms with van der Waals surface area (Å²) in [6.45, 7) is 6.17. The summed E-state index contributed by atoms with van der Waals surface area (Å²) < 4.78 is 57.8. The molecular weight excluding hydrogens is 522 g/mol. The lowest BCUT2D eigenvalue weighted by molar-refractivity contribution is -0.274. The van der Waals surface area contributed by atoms with Gasteiger partial charge in [-0.25, -0.2) is 9.37 Å². The topological polar surface area (TPSA) is 62.1 Å². The Morgan fingerprint density at radius 3 is 2.39 bits per heavy atom. The third kappa shape index (κ3) is 5.54. The summed E-state index contributed by atoms with van der Waals surface area (Å²) in [7, 11) is 0. The lowest BCUT2D eigenvalue weighted by Gasteiger charge is -2.37. The monoisotopic (exact) mass is 547 g/mol. The van der Waals surface area contributed by atoms with Crippen molar-refractivity contribution < 1.29 is 27.1 Å². The van der Waals surface area contributed by atoms with E-state index < -0.39 is 6.36 Å². The number of nitrogens with zero attached hydrogens (tertiary/aromatic N) is 4. The van der Waals surface area contributed by atoms with Crippen molar-refractivity contribution >= 4 is 33.6 Å². The van der Waals surface area contributed by atoms with Crippen LogP contribution in [0.2, 0.25) is 0 Å². The van der Waals surface area contributed by atoms with Gasteiger partial charge in [0.25, 0.3) is 5.91 Å². The normalized spacial score (nSPS) is 14.3. The molecule has 0 aliphatic carbocycles. The highest BCUT2D eigenvalue weighted by Crippen LogP contribution is 2.28. The maximum atomic E-state index is 15.0. The van der Waals surface area contributed by atoms with E-state index in [1.165, 1.54) is 29.5 Å². The highest BCUT2D eigenvalue weighted by Gasteiger charge is 2.31. The number of thiazole rings is 1. The number of alkyl halides is 3. The first-order valence-corrected chi connectivity index (χ1v) is 12.8. The number of aromatic nitrogens is 2. The zero-order chi connectivity index (χ0) is 27.0. The number of ether oxygens (including phenoxy) is 1. The number of amides is 1. The molecule has 1 aliphatic rings. The fourth-order valence-electron chi connectivity index (χ4n) is 4.58. The Balaban J connectivity index is 1.17. The molecule has 0 saturated carbocycles. The molecule has 4 aromatic rings. The van der Waals surface area contributed by atoms with Crippen molar-refractivity contribution in [3.8, 4) is 5.75 Å². The van der Waals surface area contributed by atoms with Crippen molar-refractivity contribution in [3.05, 3.63) is 76.3 Å². The Morgan fingerprint density at radius 2 is 1.74 bits per heavy atom. The molecule has 3 heterocycles. The number of aryl methyl sites for hydroxylation is 2. The molecule has 12 heteroatoms. The van der Waals surface area contributed by atoms with Gasteiger partial charge < -0.3 is 19.9 Å². The standard InChI is InChI=1S/C26H25F4N5O2S/c1-16-15-35-23(17(2)32-25(35)38-16)24(36)31-14-18-3-8-22(21(27)13-18)34-11-9-33(10-12-34)19-4-6-20(7-5-19)37-26(28,29)30/h3-8,13,15H,9-12,14H2,1-2H3,(H,31,36). The average Bonchev–Trinajstić information content (AvgIpc) is 3.36. The minimum atomic E-state index is -4.73. The van der Waals surface area contributed by atoms with Crippen molar-refractivity contribution in [2.75, 3.05) is 36.0 Å². The van der Waals surface area contributed by atoms with Gasteiger partial charge in [0, 0.05) is 49.5 Å². The number of rotatable bonds is 6. The Kier molecular flexibility index (Phi) is 6.91. The van der Waals surface area contributed by atoms with Crippen LogP contribution in [0.5, 0.6) is 5.75 Å². The van der Waals surface area contributed by atoms with Crippen LogP contribution in [0.25, 0.3) is 4.96 Å². The number of carbonyl (C=O) groups is 1. The first kappa shape index (κ1) is 25.8. The molecule has 200 valence electrons. The van der Waals surface area contributed by atoms with E-state index in [2.05, 4.69) is 15.0 Å². The van der Waals surface area contributed by atoms with Gasteiger partial charge in [-0.05, 0) is 55.8 Å². The lowest BCUT2D eigenvalue weighted by atomic mass is 10.1. The van der Waals surface area contributed by atoms with Crippen LogP contribution >= 0.6 is 11.3 Å². The molecule has 2 aromatic heterocycles. The number of hydrogen-bond donors (Lipinski definition) is 1. The summed E-state index contributed by atoms with van der Waals surface area (Å²) in [5, 5.41) is 2.86. The number of piperazine rings is 1. The van der Waals surface area contributed by atoms with Gasteiger partial charge in [-0.2, -0.15) is 0 Å². The van der Waals surface area contributed by atoms with E-state index in [0.717, 1.165) is 15.5 Å². The Bertz CT molecular complexity index is 1460. The zero-order valence-electron chi connectivity index (χ0n) is 20.7. The van der Waals surface area contributed by atoms with Crippen molar-refractivity contribution in [1.29, 1.82) is 0 Å². The molecule has 1 saturated heterocycles. The van der Waals surface area contributed by atoms with Crippen LogP contribution in [-0.2, 0) is 6.54 Å². The second-order valence-electron chi connectivity index (χ2n) is 9.02. The maximum Gasteiger partial charge on any atom is 0.573 e. The predicted octanol–water partition coefficient (Wildman–Crippen LogP) is 5.31. The molecule has 1 fully saturated rings. The molecule has 5 rings (SSSR count). The van der Waals surface area contributed by atoms with Gasteiger partial charge in [-0.15, -0.1) is 24.5 Å². The van der Waals surface area contributed by atoms with Gasteiger partial charge >= 0.3 is 6.36 Å². The quantitative estimate of drug-likeness (QED) is 0.332. The number of anilines is 2. The molecule has 1 amide bonds. The first-order chi connectivity index (χ1) is 18.1. The maximum absolute atomic E-state index is 15.0. The average molecular weight is 548 g/mol.